The number of amides is 2. The normalized spacial score (nSPS) is 20.7. The van der Waals surface area contributed by atoms with Crippen molar-refractivity contribution in [3.63, 3.8) is 0 Å². The Morgan fingerprint density at radius 1 is 1.03 bits per heavy atom. The van der Waals surface area contributed by atoms with Crippen molar-refractivity contribution in [1.29, 1.82) is 0 Å². The number of carbonyl (C=O) groups is 2. The Morgan fingerprint density at radius 3 is 2.76 bits per heavy atom. The van der Waals surface area contributed by atoms with E-state index in [-0.39, 0.29) is 17.7 Å². The topological polar surface area (TPSA) is 69.6 Å². The van der Waals surface area contributed by atoms with Crippen molar-refractivity contribution in [1.82, 2.24) is 24.7 Å². The highest BCUT2D eigenvalue weighted by Gasteiger charge is 2.36. The monoisotopic (exact) mass is 393 g/mol. The molecule has 0 aliphatic carbocycles. The number of carbonyl (C=O) groups excluding carboxylic acids is 2. The third kappa shape index (κ3) is 4.98. The Bertz CT molecular complexity index is 830. The van der Waals surface area contributed by atoms with E-state index >= 15 is 0 Å². The second-order valence-electron chi connectivity index (χ2n) is 7.81. The van der Waals surface area contributed by atoms with Gasteiger partial charge in [0, 0.05) is 64.3 Å². The first-order valence-electron chi connectivity index (χ1n) is 10.3. The molecular weight excluding hydrogens is 366 g/mol. The van der Waals surface area contributed by atoms with Crippen molar-refractivity contribution in [2.75, 3.05) is 32.7 Å². The molecule has 0 radical (unpaired) electrons. The third-order valence-electron chi connectivity index (χ3n) is 5.67. The van der Waals surface area contributed by atoms with Gasteiger partial charge in [0.2, 0.25) is 11.8 Å². The Morgan fingerprint density at radius 2 is 1.97 bits per heavy atom. The lowest BCUT2D eigenvalue weighted by Crippen LogP contribution is -2.39. The maximum absolute atomic E-state index is 13.1. The minimum absolute atomic E-state index is 0.0435. The van der Waals surface area contributed by atoms with Crippen LogP contribution in [0, 0.1) is 5.92 Å². The standard InChI is InChI=1S/C22H27N5O2/c28-21-13-19(16-27(21)17-20-6-1-2-8-24-20)22(29)26-10-4-9-25(11-12-26)15-18-5-3-7-23-14-18/h1-3,5-8,14,19H,4,9-13,15-17H2/t19-/m1/s1. The SMILES string of the molecule is O=C1C[C@@H](C(=O)N2CCCN(Cc3cccnc3)CC2)CN1Cc1ccccn1. The quantitative estimate of drug-likeness (QED) is 0.771. The summed E-state index contributed by atoms with van der Waals surface area (Å²) in [5.74, 6) is -0.0804. The highest BCUT2D eigenvalue weighted by molar-refractivity contribution is 5.89. The fraction of sp³-hybridized carbons (Fsp3) is 0.455. The van der Waals surface area contributed by atoms with Gasteiger partial charge in [-0.15, -0.1) is 0 Å². The largest absolute Gasteiger partial charge is 0.341 e. The smallest absolute Gasteiger partial charge is 0.228 e. The Labute approximate surface area is 171 Å². The van der Waals surface area contributed by atoms with E-state index in [9.17, 15) is 9.59 Å². The number of hydrogen-bond acceptors (Lipinski definition) is 5. The van der Waals surface area contributed by atoms with Gasteiger partial charge >= 0.3 is 0 Å². The number of hydrogen-bond donors (Lipinski definition) is 0. The molecule has 2 saturated heterocycles. The summed E-state index contributed by atoms with van der Waals surface area (Å²) in [6.07, 6.45) is 6.67. The average molecular weight is 393 g/mol. The van der Waals surface area contributed by atoms with Gasteiger partial charge in [-0.3, -0.25) is 24.5 Å². The second kappa shape index (κ2) is 9.13. The number of pyridine rings is 2. The first kappa shape index (κ1) is 19.5. The minimum atomic E-state index is -0.240. The van der Waals surface area contributed by atoms with Crippen molar-refractivity contribution in [2.45, 2.75) is 25.9 Å². The van der Waals surface area contributed by atoms with E-state index in [1.165, 1.54) is 5.56 Å². The number of aromatic nitrogens is 2. The van der Waals surface area contributed by atoms with Crippen molar-refractivity contribution < 1.29 is 9.59 Å². The maximum atomic E-state index is 13.1. The fourth-order valence-electron chi connectivity index (χ4n) is 4.14. The average Bonchev–Trinajstić information content (AvgIpc) is 2.96. The molecule has 0 saturated carbocycles. The van der Waals surface area contributed by atoms with Crippen LogP contribution in [0.25, 0.3) is 0 Å². The van der Waals surface area contributed by atoms with Crippen molar-refractivity contribution in [2.24, 2.45) is 5.92 Å². The highest BCUT2D eigenvalue weighted by Crippen LogP contribution is 2.22. The molecule has 2 aromatic heterocycles. The molecule has 2 aliphatic rings. The van der Waals surface area contributed by atoms with Gasteiger partial charge in [0.1, 0.15) is 0 Å². The Balaban J connectivity index is 1.31. The predicted molar refractivity (Wildman–Crippen MR) is 108 cm³/mol. The molecule has 0 unspecified atom stereocenters. The van der Waals surface area contributed by atoms with Crippen molar-refractivity contribution in [3.8, 4) is 0 Å². The van der Waals surface area contributed by atoms with Crippen LogP contribution in [0.4, 0.5) is 0 Å². The van der Waals surface area contributed by atoms with Crippen LogP contribution in [0.15, 0.2) is 48.9 Å². The van der Waals surface area contributed by atoms with Gasteiger partial charge in [0.25, 0.3) is 0 Å². The molecule has 0 aromatic carbocycles. The minimum Gasteiger partial charge on any atom is -0.341 e. The summed E-state index contributed by atoms with van der Waals surface area (Å²) in [6.45, 7) is 5.10. The Hall–Kier alpha value is -2.80. The molecule has 7 nitrogen and oxygen atoms in total. The molecule has 4 heterocycles. The molecule has 2 aromatic rings. The highest BCUT2D eigenvalue weighted by atomic mass is 16.2. The first-order valence-corrected chi connectivity index (χ1v) is 10.3. The molecule has 2 amide bonds. The van der Waals surface area contributed by atoms with Gasteiger partial charge in [-0.1, -0.05) is 12.1 Å². The molecule has 0 spiro atoms. The van der Waals surface area contributed by atoms with Gasteiger partial charge in [-0.25, -0.2) is 0 Å². The second-order valence-corrected chi connectivity index (χ2v) is 7.81. The molecule has 152 valence electrons. The lowest BCUT2D eigenvalue weighted by Gasteiger charge is -2.24. The Kier molecular flexibility index (Phi) is 6.14. The molecule has 1 atom stereocenters. The van der Waals surface area contributed by atoms with E-state index < -0.39 is 0 Å². The van der Waals surface area contributed by atoms with Gasteiger partial charge in [0.15, 0.2) is 0 Å². The molecule has 2 fully saturated rings. The van der Waals surface area contributed by atoms with Crippen LogP contribution < -0.4 is 0 Å². The molecule has 0 bridgehead atoms. The van der Waals surface area contributed by atoms with Crippen molar-refractivity contribution >= 4 is 11.8 Å². The zero-order valence-electron chi connectivity index (χ0n) is 16.6. The van der Waals surface area contributed by atoms with Crippen LogP contribution in [0.5, 0.6) is 0 Å². The summed E-state index contributed by atoms with van der Waals surface area (Å²) in [5, 5.41) is 0. The van der Waals surface area contributed by atoms with Gasteiger partial charge in [-0.05, 0) is 30.2 Å². The van der Waals surface area contributed by atoms with E-state index in [2.05, 4.69) is 20.9 Å². The van der Waals surface area contributed by atoms with E-state index in [4.69, 9.17) is 0 Å². The summed E-state index contributed by atoms with van der Waals surface area (Å²) < 4.78 is 0. The van der Waals surface area contributed by atoms with Crippen LogP contribution in [-0.4, -0.2) is 69.2 Å². The molecular formula is C22H27N5O2. The summed E-state index contributed by atoms with van der Waals surface area (Å²) in [5.41, 5.74) is 2.05. The maximum Gasteiger partial charge on any atom is 0.228 e. The van der Waals surface area contributed by atoms with Gasteiger partial charge in [-0.2, -0.15) is 0 Å². The molecule has 29 heavy (non-hydrogen) atoms. The zero-order chi connectivity index (χ0) is 20.1. The van der Waals surface area contributed by atoms with Crippen LogP contribution in [0.3, 0.4) is 0 Å². The van der Waals surface area contributed by atoms with Crippen LogP contribution in [-0.2, 0) is 22.7 Å². The molecule has 0 N–H and O–H groups in total. The number of likely N-dealkylation sites (tertiary alicyclic amines) is 1. The van der Waals surface area contributed by atoms with Crippen LogP contribution in [0.2, 0.25) is 0 Å². The predicted octanol–water partition coefficient (Wildman–Crippen LogP) is 1.56. The van der Waals surface area contributed by atoms with E-state index in [0.717, 1.165) is 38.3 Å². The third-order valence-corrected chi connectivity index (χ3v) is 5.67. The number of rotatable bonds is 5. The molecule has 4 rings (SSSR count). The van der Waals surface area contributed by atoms with E-state index in [1.807, 2.05) is 35.4 Å². The lowest BCUT2D eigenvalue weighted by atomic mass is 10.1. The number of nitrogens with zero attached hydrogens (tertiary/aromatic N) is 5. The lowest BCUT2D eigenvalue weighted by molar-refractivity contribution is -0.135. The fourth-order valence-corrected chi connectivity index (χ4v) is 4.14. The molecule has 7 heteroatoms. The van der Waals surface area contributed by atoms with Gasteiger partial charge in [0.05, 0.1) is 18.2 Å². The first-order chi connectivity index (χ1) is 14.2. The zero-order valence-corrected chi connectivity index (χ0v) is 16.6. The van der Waals surface area contributed by atoms with Crippen LogP contribution in [0.1, 0.15) is 24.1 Å². The van der Waals surface area contributed by atoms with Crippen LogP contribution >= 0.6 is 0 Å². The van der Waals surface area contributed by atoms with Crippen molar-refractivity contribution in [3.05, 3.63) is 60.2 Å². The van der Waals surface area contributed by atoms with E-state index in [0.29, 0.717) is 26.1 Å². The summed E-state index contributed by atoms with van der Waals surface area (Å²) in [6, 6.07) is 9.73. The molecule has 2 aliphatic heterocycles. The summed E-state index contributed by atoms with van der Waals surface area (Å²) in [4.78, 5) is 40.0. The summed E-state index contributed by atoms with van der Waals surface area (Å²) in [7, 11) is 0. The van der Waals surface area contributed by atoms with E-state index in [1.54, 1.807) is 17.3 Å². The summed E-state index contributed by atoms with van der Waals surface area (Å²) >= 11 is 0. The van der Waals surface area contributed by atoms with Gasteiger partial charge < -0.3 is 9.80 Å².